The molecular formula is C22H27NO4. The highest BCUT2D eigenvalue weighted by Crippen LogP contribution is 2.33. The molecule has 1 amide bonds. The zero-order chi connectivity index (χ0) is 19.8. The first kappa shape index (κ1) is 20.5. The van der Waals surface area contributed by atoms with Gasteiger partial charge in [-0.15, -0.1) is 0 Å². The molecule has 0 saturated heterocycles. The molecule has 2 aromatic carbocycles. The van der Waals surface area contributed by atoms with E-state index in [4.69, 9.17) is 9.47 Å². The van der Waals surface area contributed by atoms with Gasteiger partial charge in [-0.25, -0.2) is 0 Å². The molecule has 0 aliphatic rings. The molecular weight excluding hydrogens is 342 g/mol. The molecule has 0 fully saturated rings. The summed E-state index contributed by atoms with van der Waals surface area (Å²) in [6.45, 7) is 4.68. The second-order valence-electron chi connectivity index (χ2n) is 6.14. The van der Waals surface area contributed by atoms with E-state index in [0.717, 1.165) is 22.3 Å². The van der Waals surface area contributed by atoms with Crippen molar-refractivity contribution in [2.75, 3.05) is 33.9 Å². The minimum atomic E-state index is -0.142. The zero-order valence-electron chi connectivity index (χ0n) is 16.4. The zero-order valence-corrected chi connectivity index (χ0v) is 16.4. The van der Waals surface area contributed by atoms with Crippen molar-refractivity contribution in [1.82, 2.24) is 4.90 Å². The van der Waals surface area contributed by atoms with Crippen molar-refractivity contribution in [3.8, 4) is 11.5 Å². The topological polar surface area (TPSA) is 59.0 Å². The summed E-state index contributed by atoms with van der Waals surface area (Å²) in [6, 6.07) is 13.6. The van der Waals surface area contributed by atoms with Crippen LogP contribution in [0.15, 0.2) is 48.5 Å². The van der Waals surface area contributed by atoms with Gasteiger partial charge in [-0.1, -0.05) is 35.9 Å². The Morgan fingerprint density at radius 1 is 1.04 bits per heavy atom. The van der Waals surface area contributed by atoms with Crippen molar-refractivity contribution in [3.05, 3.63) is 65.2 Å². The van der Waals surface area contributed by atoms with Crippen LogP contribution in [0, 0.1) is 6.92 Å². The van der Waals surface area contributed by atoms with E-state index in [2.05, 4.69) is 0 Å². The van der Waals surface area contributed by atoms with Crippen molar-refractivity contribution >= 4 is 11.5 Å². The average molecular weight is 369 g/mol. The number of hydrogen-bond donors (Lipinski definition) is 1. The second-order valence-corrected chi connectivity index (χ2v) is 6.14. The van der Waals surface area contributed by atoms with E-state index in [1.54, 1.807) is 25.2 Å². The fourth-order valence-corrected chi connectivity index (χ4v) is 2.83. The lowest BCUT2D eigenvalue weighted by Gasteiger charge is -2.19. The molecule has 0 saturated carbocycles. The number of aryl methyl sites for hydroxylation is 1. The molecule has 0 radical (unpaired) electrons. The van der Waals surface area contributed by atoms with E-state index in [-0.39, 0.29) is 12.5 Å². The molecule has 5 nitrogen and oxygen atoms in total. The van der Waals surface area contributed by atoms with Crippen LogP contribution in [0.5, 0.6) is 11.5 Å². The van der Waals surface area contributed by atoms with Gasteiger partial charge in [0.15, 0.2) is 11.5 Å². The molecule has 0 atom stereocenters. The first-order valence-electron chi connectivity index (χ1n) is 8.95. The van der Waals surface area contributed by atoms with E-state index < -0.39 is 0 Å². The normalized spacial score (nSPS) is 11.2. The van der Waals surface area contributed by atoms with Crippen molar-refractivity contribution in [2.45, 2.75) is 13.8 Å². The van der Waals surface area contributed by atoms with E-state index >= 15 is 0 Å². The van der Waals surface area contributed by atoms with Crippen LogP contribution in [-0.2, 0) is 4.79 Å². The summed E-state index contributed by atoms with van der Waals surface area (Å²) in [4.78, 5) is 14.4. The van der Waals surface area contributed by atoms with Gasteiger partial charge in [0.2, 0.25) is 5.91 Å². The smallest absolute Gasteiger partial charge is 0.247 e. The fourth-order valence-electron chi connectivity index (χ4n) is 2.83. The molecule has 0 aliphatic heterocycles. The molecule has 0 aromatic heterocycles. The maximum absolute atomic E-state index is 12.7. The van der Waals surface area contributed by atoms with Gasteiger partial charge >= 0.3 is 0 Å². The van der Waals surface area contributed by atoms with E-state index in [1.165, 1.54) is 0 Å². The van der Waals surface area contributed by atoms with Gasteiger partial charge in [0.25, 0.3) is 0 Å². The quantitative estimate of drug-likeness (QED) is 0.726. The number of methoxy groups -OCH3 is 2. The largest absolute Gasteiger partial charge is 0.493 e. The summed E-state index contributed by atoms with van der Waals surface area (Å²) in [5.41, 5.74) is 3.72. The number of amides is 1. The number of benzene rings is 2. The molecule has 2 rings (SSSR count). The Labute approximate surface area is 160 Å². The predicted octanol–water partition coefficient (Wildman–Crippen LogP) is 3.28. The van der Waals surface area contributed by atoms with Crippen molar-refractivity contribution in [3.63, 3.8) is 0 Å². The summed E-state index contributed by atoms with van der Waals surface area (Å²) >= 11 is 0. The first-order valence-corrected chi connectivity index (χ1v) is 8.95. The molecule has 0 unspecified atom stereocenters. The molecule has 0 aliphatic carbocycles. The third-order valence-corrected chi connectivity index (χ3v) is 4.39. The van der Waals surface area contributed by atoms with Crippen LogP contribution < -0.4 is 9.47 Å². The Hall–Kier alpha value is -2.79. The van der Waals surface area contributed by atoms with Crippen LogP contribution in [0.3, 0.4) is 0 Å². The van der Waals surface area contributed by atoms with Crippen LogP contribution >= 0.6 is 0 Å². The number of aliphatic hydroxyl groups is 1. The number of ether oxygens (including phenoxy) is 2. The van der Waals surface area contributed by atoms with E-state index in [0.29, 0.717) is 24.6 Å². The Balaban J connectivity index is 2.55. The summed E-state index contributed by atoms with van der Waals surface area (Å²) in [6.07, 6.45) is 1.62. The first-order chi connectivity index (χ1) is 13.0. The number of carbonyl (C=O) groups excluding carboxylic acids is 1. The molecule has 0 bridgehead atoms. The van der Waals surface area contributed by atoms with Gasteiger partial charge in [0.1, 0.15) is 0 Å². The van der Waals surface area contributed by atoms with Crippen molar-refractivity contribution < 1.29 is 19.4 Å². The lowest BCUT2D eigenvalue weighted by atomic mass is 9.96. The number of aliphatic hydroxyl groups excluding tert-OH is 1. The predicted molar refractivity (Wildman–Crippen MR) is 107 cm³/mol. The van der Waals surface area contributed by atoms with E-state index in [9.17, 15) is 9.90 Å². The number of nitrogens with zero attached hydrogens (tertiary/aromatic N) is 1. The summed E-state index contributed by atoms with van der Waals surface area (Å²) < 4.78 is 10.7. The maximum Gasteiger partial charge on any atom is 0.247 e. The summed E-state index contributed by atoms with van der Waals surface area (Å²) in [7, 11) is 3.17. The Morgan fingerprint density at radius 3 is 2.22 bits per heavy atom. The lowest BCUT2D eigenvalue weighted by molar-refractivity contribution is -0.126. The van der Waals surface area contributed by atoms with Crippen LogP contribution in [0.4, 0.5) is 0 Å². The van der Waals surface area contributed by atoms with Gasteiger partial charge in [0, 0.05) is 19.2 Å². The lowest BCUT2D eigenvalue weighted by Crippen LogP contribution is -2.32. The highest BCUT2D eigenvalue weighted by molar-refractivity contribution is 5.99. The van der Waals surface area contributed by atoms with Gasteiger partial charge in [-0.05, 0) is 42.7 Å². The number of rotatable bonds is 8. The molecule has 1 N–H and O–H groups in total. The molecule has 144 valence electrons. The minimum Gasteiger partial charge on any atom is -0.493 e. The SMILES string of the molecule is CCN(CCO)C(=O)C=C(c1ccc(C)cc1)c1ccc(OC)c(OC)c1. The van der Waals surface area contributed by atoms with Crippen molar-refractivity contribution in [2.24, 2.45) is 0 Å². The highest BCUT2D eigenvalue weighted by Gasteiger charge is 2.14. The molecule has 5 heteroatoms. The Bertz CT molecular complexity index is 796. The number of likely N-dealkylation sites (N-methyl/N-ethyl adjacent to an activating group) is 1. The fraction of sp³-hybridized carbons (Fsp3) is 0.318. The van der Waals surface area contributed by atoms with Gasteiger partial charge in [-0.3, -0.25) is 4.79 Å². The standard InChI is InChI=1S/C22H27NO4/c1-5-23(12-13-24)22(25)15-19(17-8-6-16(2)7-9-17)18-10-11-20(26-3)21(14-18)27-4/h6-11,14-15,24H,5,12-13H2,1-4H3. The molecule has 2 aromatic rings. The van der Waals surface area contributed by atoms with Crippen LogP contribution in [-0.4, -0.2) is 49.8 Å². The molecule has 0 heterocycles. The third-order valence-electron chi connectivity index (χ3n) is 4.39. The summed E-state index contributed by atoms with van der Waals surface area (Å²) in [5, 5.41) is 9.20. The third kappa shape index (κ3) is 5.11. The van der Waals surface area contributed by atoms with Gasteiger partial charge in [0.05, 0.1) is 20.8 Å². The second kappa shape index (κ2) is 9.78. The van der Waals surface area contributed by atoms with Gasteiger partial charge < -0.3 is 19.5 Å². The minimum absolute atomic E-state index is 0.0658. The Morgan fingerprint density at radius 2 is 1.67 bits per heavy atom. The van der Waals surface area contributed by atoms with Crippen molar-refractivity contribution in [1.29, 1.82) is 0 Å². The van der Waals surface area contributed by atoms with Crippen LogP contribution in [0.2, 0.25) is 0 Å². The number of carbonyl (C=O) groups is 1. The summed E-state index contributed by atoms with van der Waals surface area (Å²) in [5.74, 6) is 1.09. The number of hydrogen-bond acceptors (Lipinski definition) is 4. The Kier molecular flexibility index (Phi) is 7.44. The maximum atomic E-state index is 12.7. The van der Waals surface area contributed by atoms with E-state index in [1.807, 2.05) is 56.3 Å². The van der Waals surface area contributed by atoms with Crippen LogP contribution in [0.25, 0.3) is 5.57 Å². The highest BCUT2D eigenvalue weighted by atomic mass is 16.5. The van der Waals surface area contributed by atoms with Crippen LogP contribution in [0.1, 0.15) is 23.6 Å². The van der Waals surface area contributed by atoms with Gasteiger partial charge in [-0.2, -0.15) is 0 Å². The monoisotopic (exact) mass is 369 g/mol. The molecule has 0 spiro atoms. The average Bonchev–Trinajstić information content (AvgIpc) is 2.70. The molecule has 27 heavy (non-hydrogen) atoms.